The summed E-state index contributed by atoms with van der Waals surface area (Å²) in [6, 6.07) is 0. The van der Waals surface area contributed by atoms with E-state index in [1.807, 2.05) is 48.5 Å². The first-order valence-corrected chi connectivity index (χ1v) is 7.59. The van der Waals surface area contributed by atoms with Crippen molar-refractivity contribution in [2.24, 2.45) is 0 Å². The molecule has 0 aliphatic rings. The van der Waals surface area contributed by atoms with Crippen LogP contribution in [0.1, 0.15) is 67.7 Å². The van der Waals surface area contributed by atoms with Gasteiger partial charge in [0, 0.05) is 18.6 Å². The highest BCUT2D eigenvalue weighted by atomic mass is 16.6. The van der Waals surface area contributed by atoms with Crippen LogP contribution in [0.2, 0.25) is 0 Å². The molecule has 0 atom stereocenters. The van der Waals surface area contributed by atoms with Gasteiger partial charge < -0.3 is 19.9 Å². The molecule has 6 nitrogen and oxygen atoms in total. The fourth-order valence-corrected chi connectivity index (χ4v) is 1.71. The Balaban J connectivity index is 4.21. The van der Waals surface area contributed by atoms with E-state index in [1.54, 1.807) is 0 Å². The first kappa shape index (κ1) is 20.7. The SMILES string of the molecule is CC(C)(CCOC(C)(C)CCC(=O)O)NC(=O)OC(C)(C)C. The zero-order valence-corrected chi connectivity index (χ0v) is 14.9. The van der Waals surface area contributed by atoms with Crippen molar-refractivity contribution in [1.29, 1.82) is 0 Å². The Morgan fingerprint density at radius 3 is 2.00 bits per heavy atom. The van der Waals surface area contributed by atoms with Crippen LogP contribution in [0.3, 0.4) is 0 Å². The summed E-state index contributed by atoms with van der Waals surface area (Å²) < 4.78 is 11.0. The standard InChI is InChI=1S/C16H31NO5/c1-14(2,3)22-13(20)17-15(4,5)10-11-21-16(6,7)9-8-12(18)19/h8-11H2,1-7H3,(H,17,20)(H,18,19). The Morgan fingerprint density at radius 2 is 1.55 bits per heavy atom. The molecule has 0 aliphatic carbocycles. The van der Waals surface area contributed by atoms with Gasteiger partial charge in [-0.25, -0.2) is 4.79 Å². The molecule has 0 fully saturated rings. The van der Waals surface area contributed by atoms with Crippen LogP contribution in [0.25, 0.3) is 0 Å². The van der Waals surface area contributed by atoms with Gasteiger partial charge in [0.25, 0.3) is 0 Å². The fourth-order valence-electron chi connectivity index (χ4n) is 1.71. The van der Waals surface area contributed by atoms with Gasteiger partial charge in [-0.3, -0.25) is 4.79 Å². The molecule has 0 saturated carbocycles. The normalized spacial score (nSPS) is 12.9. The van der Waals surface area contributed by atoms with Crippen LogP contribution in [0, 0.1) is 0 Å². The number of amides is 1. The van der Waals surface area contributed by atoms with Crippen LogP contribution in [-0.4, -0.2) is 40.5 Å². The minimum absolute atomic E-state index is 0.0759. The number of hydrogen-bond acceptors (Lipinski definition) is 4. The molecule has 0 saturated heterocycles. The van der Waals surface area contributed by atoms with Crippen molar-refractivity contribution in [3.8, 4) is 0 Å². The second-order valence-electron chi connectivity index (χ2n) is 7.76. The Kier molecular flexibility index (Phi) is 7.35. The molecular formula is C16H31NO5. The molecular weight excluding hydrogens is 286 g/mol. The molecule has 0 heterocycles. The van der Waals surface area contributed by atoms with E-state index in [0.717, 1.165) is 0 Å². The minimum Gasteiger partial charge on any atom is -0.481 e. The summed E-state index contributed by atoms with van der Waals surface area (Å²) in [6.07, 6.45) is 0.667. The van der Waals surface area contributed by atoms with E-state index in [2.05, 4.69) is 5.32 Å². The largest absolute Gasteiger partial charge is 0.481 e. The summed E-state index contributed by atoms with van der Waals surface area (Å²) in [5.41, 5.74) is -1.50. The number of carboxylic acids is 1. The molecule has 0 aromatic carbocycles. The van der Waals surface area contributed by atoms with Gasteiger partial charge in [-0.15, -0.1) is 0 Å². The molecule has 0 unspecified atom stereocenters. The van der Waals surface area contributed by atoms with Crippen LogP contribution >= 0.6 is 0 Å². The predicted molar refractivity (Wildman–Crippen MR) is 85.0 cm³/mol. The monoisotopic (exact) mass is 317 g/mol. The van der Waals surface area contributed by atoms with Crippen molar-refractivity contribution < 1.29 is 24.2 Å². The van der Waals surface area contributed by atoms with E-state index in [0.29, 0.717) is 19.4 Å². The molecule has 0 aromatic heterocycles. The Labute approximate surface area is 133 Å². The highest BCUT2D eigenvalue weighted by Crippen LogP contribution is 2.19. The zero-order valence-electron chi connectivity index (χ0n) is 14.9. The summed E-state index contributed by atoms with van der Waals surface area (Å²) in [6.45, 7) is 13.4. The number of aliphatic carboxylic acids is 1. The van der Waals surface area contributed by atoms with Crippen molar-refractivity contribution in [2.75, 3.05) is 6.61 Å². The van der Waals surface area contributed by atoms with Gasteiger partial charge in [0.1, 0.15) is 5.60 Å². The molecule has 22 heavy (non-hydrogen) atoms. The predicted octanol–water partition coefficient (Wildman–Crippen LogP) is 3.34. The van der Waals surface area contributed by atoms with Gasteiger partial charge in [-0.05, 0) is 61.3 Å². The van der Waals surface area contributed by atoms with Gasteiger partial charge in [-0.2, -0.15) is 0 Å². The van der Waals surface area contributed by atoms with E-state index in [-0.39, 0.29) is 6.42 Å². The molecule has 130 valence electrons. The molecule has 0 spiro atoms. The van der Waals surface area contributed by atoms with Crippen LogP contribution in [0.5, 0.6) is 0 Å². The Hall–Kier alpha value is -1.30. The van der Waals surface area contributed by atoms with E-state index in [9.17, 15) is 9.59 Å². The second-order valence-corrected chi connectivity index (χ2v) is 7.76. The van der Waals surface area contributed by atoms with E-state index >= 15 is 0 Å². The van der Waals surface area contributed by atoms with Crippen molar-refractivity contribution in [3.63, 3.8) is 0 Å². The number of carbonyl (C=O) groups excluding carboxylic acids is 1. The van der Waals surface area contributed by atoms with Crippen LogP contribution < -0.4 is 5.32 Å². The Bertz CT molecular complexity index is 382. The maximum atomic E-state index is 11.8. The number of alkyl carbamates (subject to hydrolysis) is 1. The first-order valence-electron chi connectivity index (χ1n) is 7.59. The summed E-state index contributed by atoms with van der Waals surface area (Å²) in [7, 11) is 0. The molecule has 6 heteroatoms. The highest BCUT2D eigenvalue weighted by molar-refractivity contribution is 5.68. The van der Waals surface area contributed by atoms with E-state index in [1.165, 1.54) is 0 Å². The average molecular weight is 317 g/mol. The molecule has 0 bridgehead atoms. The van der Waals surface area contributed by atoms with Crippen molar-refractivity contribution >= 4 is 12.1 Å². The number of nitrogens with one attached hydrogen (secondary N) is 1. The third-order valence-corrected chi connectivity index (χ3v) is 3.00. The van der Waals surface area contributed by atoms with Crippen molar-refractivity contribution in [3.05, 3.63) is 0 Å². The van der Waals surface area contributed by atoms with Crippen LogP contribution in [0.4, 0.5) is 4.79 Å². The smallest absolute Gasteiger partial charge is 0.408 e. The lowest BCUT2D eigenvalue weighted by Crippen LogP contribution is -2.46. The molecule has 0 radical (unpaired) electrons. The number of carboxylic acid groups (broad SMARTS) is 1. The maximum absolute atomic E-state index is 11.8. The quantitative estimate of drug-likeness (QED) is 0.717. The number of rotatable bonds is 8. The number of hydrogen-bond donors (Lipinski definition) is 2. The van der Waals surface area contributed by atoms with Gasteiger partial charge in [-0.1, -0.05) is 0 Å². The number of ether oxygens (including phenoxy) is 2. The molecule has 0 aliphatic heterocycles. The Morgan fingerprint density at radius 1 is 1.00 bits per heavy atom. The lowest BCUT2D eigenvalue weighted by Gasteiger charge is -2.31. The lowest BCUT2D eigenvalue weighted by molar-refractivity contribution is -0.139. The van der Waals surface area contributed by atoms with Gasteiger partial charge in [0.15, 0.2) is 0 Å². The first-order chi connectivity index (χ1) is 9.72. The summed E-state index contributed by atoms with van der Waals surface area (Å²) in [5, 5.41) is 11.5. The lowest BCUT2D eigenvalue weighted by atomic mass is 10.00. The summed E-state index contributed by atoms with van der Waals surface area (Å²) in [5.74, 6) is -0.830. The molecule has 2 N–H and O–H groups in total. The molecule has 0 rings (SSSR count). The number of carbonyl (C=O) groups is 2. The van der Waals surface area contributed by atoms with E-state index in [4.69, 9.17) is 14.6 Å². The van der Waals surface area contributed by atoms with Gasteiger partial charge in [0.05, 0.1) is 5.60 Å². The maximum Gasteiger partial charge on any atom is 0.408 e. The van der Waals surface area contributed by atoms with Gasteiger partial charge in [0.2, 0.25) is 0 Å². The third kappa shape index (κ3) is 11.4. The van der Waals surface area contributed by atoms with Crippen molar-refractivity contribution in [1.82, 2.24) is 5.32 Å². The van der Waals surface area contributed by atoms with Gasteiger partial charge >= 0.3 is 12.1 Å². The van der Waals surface area contributed by atoms with Crippen LogP contribution in [0.15, 0.2) is 0 Å². The van der Waals surface area contributed by atoms with Crippen LogP contribution in [-0.2, 0) is 14.3 Å². The van der Waals surface area contributed by atoms with Crippen molar-refractivity contribution in [2.45, 2.75) is 84.5 Å². The zero-order chi connectivity index (χ0) is 17.6. The average Bonchev–Trinajstić information content (AvgIpc) is 2.22. The fraction of sp³-hybridized carbons (Fsp3) is 0.875. The van der Waals surface area contributed by atoms with E-state index < -0.39 is 28.8 Å². The molecule has 0 aromatic rings. The topological polar surface area (TPSA) is 84.9 Å². The third-order valence-electron chi connectivity index (χ3n) is 3.00. The highest BCUT2D eigenvalue weighted by Gasteiger charge is 2.26. The molecule has 1 amide bonds. The summed E-state index contributed by atoms with van der Waals surface area (Å²) >= 11 is 0. The summed E-state index contributed by atoms with van der Waals surface area (Å²) in [4.78, 5) is 22.4. The second kappa shape index (κ2) is 7.81. The minimum atomic E-state index is -0.830.